The largest absolute Gasteiger partial charge is 0.493 e. The lowest BCUT2D eigenvalue weighted by atomic mass is 10.2. The van der Waals surface area contributed by atoms with Crippen LogP contribution in [0.4, 0.5) is 0 Å². The molecule has 0 aromatic heterocycles. The maximum atomic E-state index is 5.96. The predicted molar refractivity (Wildman–Crippen MR) is 109 cm³/mol. The normalized spacial score (nSPS) is 14.2. The SMILES string of the molecule is CCCCOCCOCCNC(=NC)NCc1ccccc1OCC1CC1. The minimum absolute atomic E-state index is 0.624. The van der Waals surface area contributed by atoms with E-state index in [1.807, 2.05) is 18.2 Å². The lowest BCUT2D eigenvalue weighted by molar-refractivity contribution is 0.0487. The summed E-state index contributed by atoms with van der Waals surface area (Å²) in [5, 5.41) is 6.60. The van der Waals surface area contributed by atoms with E-state index in [0.29, 0.717) is 32.9 Å². The van der Waals surface area contributed by atoms with Gasteiger partial charge in [-0.15, -0.1) is 0 Å². The Kier molecular flexibility index (Phi) is 10.7. The van der Waals surface area contributed by atoms with Crippen LogP contribution in [0.5, 0.6) is 5.75 Å². The number of nitrogens with one attached hydrogen (secondary N) is 2. The highest BCUT2D eigenvalue weighted by atomic mass is 16.5. The van der Waals surface area contributed by atoms with Crippen molar-refractivity contribution in [1.82, 2.24) is 10.6 Å². The number of nitrogens with zero attached hydrogens (tertiary/aromatic N) is 1. The maximum Gasteiger partial charge on any atom is 0.191 e. The van der Waals surface area contributed by atoms with Crippen LogP contribution in [-0.4, -0.2) is 52.6 Å². The van der Waals surface area contributed by atoms with E-state index >= 15 is 0 Å². The first-order valence-electron chi connectivity index (χ1n) is 10.1. The summed E-state index contributed by atoms with van der Waals surface area (Å²) in [5.41, 5.74) is 1.14. The molecule has 0 amide bonds. The second-order valence-electron chi connectivity index (χ2n) is 6.79. The van der Waals surface area contributed by atoms with Crippen LogP contribution in [0.1, 0.15) is 38.2 Å². The molecule has 1 aliphatic carbocycles. The monoisotopic (exact) mass is 377 g/mol. The molecule has 1 aliphatic rings. The molecule has 152 valence electrons. The molecule has 1 aromatic carbocycles. The van der Waals surface area contributed by atoms with Crippen molar-refractivity contribution in [3.63, 3.8) is 0 Å². The molecular weight excluding hydrogens is 342 g/mol. The summed E-state index contributed by atoms with van der Waals surface area (Å²) in [6.07, 6.45) is 4.86. The van der Waals surface area contributed by atoms with Crippen LogP contribution < -0.4 is 15.4 Å². The third kappa shape index (κ3) is 9.63. The van der Waals surface area contributed by atoms with E-state index < -0.39 is 0 Å². The van der Waals surface area contributed by atoms with E-state index in [1.54, 1.807) is 7.05 Å². The Morgan fingerprint density at radius 2 is 1.85 bits per heavy atom. The Labute approximate surface area is 163 Å². The van der Waals surface area contributed by atoms with Gasteiger partial charge in [-0.2, -0.15) is 0 Å². The first-order valence-corrected chi connectivity index (χ1v) is 10.1. The molecule has 6 heteroatoms. The van der Waals surface area contributed by atoms with E-state index in [4.69, 9.17) is 14.2 Å². The third-order valence-corrected chi connectivity index (χ3v) is 4.37. The molecule has 0 unspecified atom stereocenters. The Balaban J connectivity index is 1.58. The van der Waals surface area contributed by atoms with Crippen LogP contribution in [0.3, 0.4) is 0 Å². The molecule has 1 aromatic rings. The number of rotatable bonds is 14. The van der Waals surface area contributed by atoms with Gasteiger partial charge in [-0.25, -0.2) is 0 Å². The first-order chi connectivity index (χ1) is 13.3. The summed E-state index contributed by atoms with van der Waals surface area (Å²) in [6.45, 7) is 7.09. The van der Waals surface area contributed by atoms with Crippen molar-refractivity contribution in [1.29, 1.82) is 0 Å². The zero-order chi connectivity index (χ0) is 19.2. The lowest BCUT2D eigenvalue weighted by Crippen LogP contribution is -2.38. The molecule has 0 heterocycles. The Morgan fingerprint density at radius 3 is 2.59 bits per heavy atom. The Morgan fingerprint density at radius 1 is 1.07 bits per heavy atom. The van der Waals surface area contributed by atoms with E-state index in [1.165, 1.54) is 12.8 Å². The number of unbranched alkanes of at least 4 members (excludes halogenated alkanes) is 1. The predicted octanol–water partition coefficient (Wildman–Crippen LogP) is 2.97. The molecule has 1 saturated carbocycles. The smallest absolute Gasteiger partial charge is 0.191 e. The fraction of sp³-hybridized carbons (Fsp3) is 0.667. The number of benzene rings is 1. The van der Waals surface area contributed by atoms with Gasteiger partial charge in [0.15, 0.2) is 5.96 Å². The fourth-order valence-corrected chi connectivity index (χ4v) is 2.49. The van der Waals surface area contributed by atoms with Crippen LogP contribution in [-0.2, 0) is 16.0 Å². The minimum atomic E-state index is 0.624. The van der Waals surface area contributed by atoms with E-state index in [9.17, 15) is 0 Å². The van der Waals surface area contributed by atoms with Gasteiger partial charge in [-0.05, 0) is 31.2 Å². The number of aliphatic imine (C=N–C) groups is 1. The molecule has 0 atom stereocenters. The highest BCUT2D eigenvalue weighted by Crippen LogP contribution is 2.30. The van der Waals surface area contributed by atoms with E-state index in [-0.39, 0.29) is 0 Å². The number of guanidine groups is 1. The standard InChI is InChI=1S/C21H35N3O3/c1-3-4-12-25-14-15-26-13-11-23-21(22-2)24-16-19-7-5-6-8-20(19)27-17-18-9-10-18/h5-8,18H,3-4,9-17H2,1-2H3,(H2,22,23,24). The van der Waals surface area contributed by atoms with Gasteiger partial charge in [0, 0.05) is 32.3 Å². The van der Waals surface area contributed by atoms with Crippen LogP contribution in [0.2, 0.25) is 0 Å². The van der Waals surface area contributed by atoms with Crippen molar-refractivity contribution in [2.45, 2.75) is 39.2 Å². The molecule has 0 saturated heterocycles. The molecule has 0 radical (unpaired) electrons. The average Bonchev–Trinajstić information content (AvgIpc) is 3.52. The van der Waals surface area contributed by atoms with Gasteiger partial charge < -0.3 is 24.8 Å². The van der Waals surface area contributed by atoms with E-state index in [0.717, 1.165) is 49.2 Å². The van der Waals surface area contributed by atoms with Gasteiger partial charge in [0.05, 0.1) is 26.4 Å². The first kappa shape index (κ1) is 21.5. The molecule has 2 rings (SSSR count). The van der Waals surface area contributed by atoms with E-state index in [2.05, 4.69) is 28.6 Å². The second-order valence-corrected chi connectivity index (χ2v) is 6.79. The van der Waals surface area contributed by atoms with Crippen molar-refractivity contribution in [3.05, 3.63) is 29.8 Å². The number of para-hydroxylation sites is 1. The van der Waals surface area contributed by atoms with Gasteiger partial charge in [0.1, 0.15) is 5.75 Å². The second kappa shape index (κ2) is 13.4. The van der Waals surface area contributed by atoms with Crippen LogP contribution >= 0.6 is 0 Å². The Bertz CT molecular complexity index is 547. The van der Waals surface area contributed by atoms with Gasteiger partial charge >= 0.3 is 0 Å². The molecular formula is C21H35N3O3. The van der Waals surface area contributed by atoms with Crippen molar-refractivity contribution >= 4 is 5.96 Å². The molecule has 1 fully saturated rings. The molecule has 0 aliphatic heterocycles. The zero-order valence-corrected chi connectivity index (χ0v) is 16.8. The molecule has 27 heavy (non-hydrogen) atoms. The molecule has 0 bridgehead atoms. The molecule has 2 N–H and O–H groups in total. The van der Waals surface area contributed by atoms with Crippen molar-refractivity contribution in [3.8, 4) is 5.75 Å². The lowest BCUT2D eigenvalue weighted by Gasteiger charge is -2.15. The average molecular weight is 378 g/mol. The number of hydrogen-bond acceptors (Lipinski definition) is 4. The van der Waals surface area contributed by atoms with Gasteiger partial charge in [-0.3, -0.25) is 4.99 Å². The van der Waals surface area contributed by atoms with Crippen molar-refractivity contribution < 1.29 is 14.2 Å². The highest BCUT2D eigenvalue weighted by molar-refractivity contribution is 5.79. The summed E-state index contributed by atoms with van der Waals surface area (Å²) in [7, 11) is 1.77. The quantitative estimate of drug-likeness (QED) is 0.296. The molecule has 6 nitrogen and oxygen atoms in total. The minimum Gasteiger partial charge on any atom is -0.493 e. The van der Waals surface area contributed by atoms with Gasteiger partial charge in [0.25, 0.3) is 0 Å². The van der Waals surface area contributed by atoms with Gasteiger partial charge in [0.2, 0.25) is 0 Å². The summed E-state index contributed by atoms with van der Waals surface area (Å²) in [5.74, 6) is 2.46. The summed E-state index contributed by atoms with van der Waals surface area (Å²) in [4.78, 5) is 4.26. The Hall–Kier alpha value is -1.79. The fourth-order valence-electron chi connectivity index (χ4n) is 2.49. The highest BCUT2D eigenvalue weighted by Gasteiger charge is 2.22. The maximum absolute atomic E-state index is 5.96. The zero-order valence-electron chi connectivity index (χ0n) is 16.8. The van der Waals surface area contributed by atoms with Crippen molar-refractivity contribution in [2.75, 3.05) is 46.6 Å². The van der Waals surface area contributed by atoms with Gasteiger partial charge in [-0.1, -0.05) is 31.5 Å². The topological polar surface area (TPSA) is 64.1 Å². The van der Waals surface area contributed by atoms with Crippen LogP contribution in [0, 0.1) is 5.92 Å². The summed E-state index contributed by atoms with van der Waals surface area (Å²) < 4.78 is 17.0. The third-order valence-electron chi connectivity index (χ3n) is 4.37. The van der Waals surface area contributed by atoms with Crippen LogP contribution in [0.15, 0.2) is 29.3 Å². The summed E-state index contributed by atoms with van der Waals surface area (Å²) in [6, 6.07) is 8.17. The number of hydrogen-bond donors (Lipinski definition) is 2. The van der Waals surface area contributed by atoms with Crippen molar-refractivity contribution in [2.24, 2.45) is 10.9 Å². The summed E-state index contributed by atoms with van der Waals surface area (Å²) >= 11 is 0. The molecule has 0 spiro atoms. The van der Waals surface area contributed by atoms with Crippen LogP contribution in [0.25, 0.3) is 0 Å². The number of ether oxygens (including phenoxy) is 3.